The normalized spacial score (nSPS) is 11.9. The van der Waals surface area contributed by atoms with Gasteiger partial charge in [0.15, 0.2) is 0 Å². The van der Waals surface area contributed by atoms with Crippen molar-refractivity contribution in [1.29, 1.82) is 0 Å². The summed E-state index contributed by atoms with van der Waals surface area (Å²) in [5, 5.41) is 15.3. The molecule has 25 heavy (non-hydrogen) atoms. The Balaban J connectivity index is 1.56. The van der Waals surface area contributed by atoms with Gasteiger partial charge in [-0.25, -0.2) is 0 Å². The second kappa shape index (κ2) is 7.81. The van der Waals surface area contributed by atoms with E-state index < -0.39 is 6.10 Å². The summed E-state index contributed by atoms with van der Waals surface area (Å²) in [5.41, 5.74) is 1.70. The first-order chi connectivity index (χ1) is 12.2. The van der Waals surface area contributed by atoms with E-state index in [0.29, 0.717) is 0 Å². The van der Waals surface area contributed by atoms with E-state index in [1.165, 1.54) is 0 Å². The molecule has 2 N–H and O–H groups in total. The van der Waals surface area contributed by atoms with E-state index in [4.69, 9.17) is 4.74 Å². The Morgan fingerprint density at radius 3 is 2.48 bits per heavy atom. The Morgan fingerprint density at radius 2 is 1.76 bits per heavy atom. The van der Waals surface area contributed by atoms with E-state index in [1.54, 1.807) is 7.11 Å². The fourth-order valence-electron chi connectivity index (χ4n) is 2.73. The first kappa shape index (κ1) is 17.0. The van der Waals surface area contributed by atoms with Crippen LogP contribution in [0.1, 0.15) is 17.2 Å². The highest BCUT2D eigenvalue weighted by Crippen LogP contribution is 2.20. The summed E-state index contributed by atoms with van der Waals surface area (Å²) in [6, 6.07) is 21.2. The van der Waals surface area contributed by atoms with Crippen molar-refractivity contribution in [3.8, 4) is 5.75 Å². The van der Waals surface area contributed by atoms with Crippen molar-refractivity contribution >= 4 is 16.7 Å². The van der Waals surface area contributed by atoms with Gasteiger partial charge in [0.1, 0.15) is 5.75 Å². The maximum atomic E-state index is 12.1. The number of hydrogen-bond donors (Lipinski definition) is 2. The quantitative estimate of drug-likeness (QED) is 0.727. The number of nitrogens with one attached hydrogen (secondary N) is 1. The van der Waals surface area contributed by atoms with Gasteiger partial charge in [0.25, 0.3) is 0 Å². The Kier molecular flexibility index (Phi) is 5.31. The fourth-order valence-corrected chi connectivity index (χ4v) is 2.73. The number of aliphatic hydroxyl groups excluding tert-OH is 1. The highest BCUT2D eigenvalue weighted by molar-refractivity contribution is 5.83. The number of amides is 1. The summed E-state index contributed by atoms with van der Waals surface area (Å²) in [6.07, 6.45) is -0.460. The minimum atomic E-state index is -0.732. The molecule has 3 rings (SSSR count). The van der Waals surface area contributed by atoms with Crippen molar-refractivity contribution in [2.24, 2.45) is 0 Å². The summed E-state index contributed by atoms with van der Waals surface area (Å²) >= 11 is 0. The molecule has 0 fully saturated rings. The van der Waals surface area contributed by atoms with E-state index in [9.17, 15) is 9.90 Å². The molecule has 0 saturated heterocycles. The molecule has 0 unspecified atom stereocenters. The number of benzene rings is 3. The van der Waals surface area contributed by atoms with Crippen molar-refractivity contribution in [3.63, 3.8) is 0 Å². The van der Waals surface area contributed by atoms with Gasteiger partial charge in [-0.05, 0) is 40.1 Å². The predicted octanol–water partition coefficient (Wildman–Crippen LogP) is 3.24. The first-order valence-corrected chi connectivity index (χ1v) is 8.22. The molecule has 3 aromatic carbocycles. The molecule has 0 aromatic heterocycles. The molecule has 1 atom stereocenters. The monoisotopic (exact) mass is 335 g/mol. The molecule has 1 amide bonds. The fraction of sp³-hybridized carbons (Fsp3) is 0.190. The van der Waals surface area contributed by atoms with Crippen LogP contribution in [0.4, 0.5) is 0 Å². The smallest absolute Gasteiger partial charge is 0.224 e. The molecule has 4 nitrogen and oxygen atoms in total. The van der Waals surface area contributed by atoms with Gasteiger partial charge in [-0.1, -0.05) is 48.5 Å². The van der Waals surface area contributed by atoms with Crippen molar-refractivity contribution in [1.82, 2.24) is 5.32 Å². The van der Waals surface area contributed by atoms with Gasteiger partial charge in [-0.15, -0.1) is 0 Å². The van der Waals surface area contributed by atoms with Crippen LogP contribution >= 0.6 is 0 Å². The molecule has 4 heteroatoms. The average Bonchev–Trinajstić information content (AvgIpc) is 2.66. The molecule has 0 aliphatic heterocycles. The number of carbonyl (C=O) groups excluding carboxylic acids is 1. The lowest BCUT2D eigenvalue weighted by Gasteiger charge is -2.13. The summed E-state index contributed by atoms with van der Waals surface area (Å²) in [6.45, 7) is 0.188. The van der Waals surface area contributed by atoms with Crippen molar-refractivity contribution in [2.75, 3.05) is 13.7 Å². The second-order valence-corrected chi connectivity index (χ2v) is 5.95. The van der Waals surface area contributed by atoms with E-state index in [2.05, 4.69) is 5.32 Å². The van der Waals surface area contributed by atoms with Gasteiger partial charge >= 0.3 is 0 Å². The van der Waals surface area contributed by atoms with Gasteiger partial charge in [0, 0.05) is 6.54 Å². The van der Waals surface area contributed by atoms with E-state index in [1.807, 2.05) is 66.7 Å². The number of aliphatic hydroxyl groups is 1. The van der Waals surface area contributed by atoms with Crippen LogP contribution in [0, 0.1) is 0 Å². The van der Waals surface area contributed by atoms with Gasteiger partial charge < -0.3 is 15.2 Å². The Bertz CT molecular complexity index is 858. The lowest BCUT2D eigenvalue weighted by atomic mass is 10.0. The van der Waals surface area contributed by atoms with E-state index in [-0.39, 0.29) is 18.9 Å². The van der Waals surface area contributed by atoms with Crippen LogP contribution in [-0.2, 0) is 11.2 Å². The molecule has 0 spiro atoms. The third kappa shape index (κ3) is 4.37. The van der Waals surface area contributed by atoms with E-state index in [0.717, 1.165) is 27.6 Å². The lowest BCUT2D eigenvalue weighted by molar-refractivity contribution is -0.120. The first-order valence-electron chi connectivity index (χ1n) is 8.22. The molecule has 3 aromatic rings. The zero-order chi connectivity index (χ0) is 17.6. The van der Waals surface area contributed by atoms with Gasteiger partial charge in [0.05, 0.1) is 19.6 Å². The zero-order valence-electron chi connectivity index (χ0n) is 14.1. The molecular formula is C21H21NO3. The topological polar surface area (TPSA) is 58.6 Å². The number of rotatable bonds is 6. The van der Waals surface area contributed by atoms with Gasteiger partial charge in [-0.2, -0.15) is 0 Å². The van der Waals surface area contributed by atoms with Crippen LogP contribution in [0.25, 0.3) is 10.8 Å². The summed E-state index contributed by atoms with van der Waals surface area (Å²) in [4.78, 5) is 12.1. The molecule has 0 aliphatic rings. The van der Waals surface area contributed by atoms with Crippen LogP contribution in [0.15, 0.2) is 66.7 Å². The Labute approximate surface area is 147 Å². The van der Waals surface area contributed by atoms with E-state index >= 15 is 0 Å². The molecule has 0 saturated carbocycles. The van der Waals surface area contributed by atoms with Crippen molar-refractivity contribution in [3.05, 3.63) is 77.9 Å². The number of carbonyl (C=O) groups is 1. The minimum absolute atomic E-state index is 0.120. The SMILES string of the molecule is COc1ccc(CC(=O)NC[C@@H](O)c2ccc3ccccc3c2)cc1. The molecule has 0 aliphatic carbocycles. The maximum absolute atomic E-state index is 12.1. The summed E-state index contributed by atoms with van der Waals surface area (Å²) < 4.78 is 5.10. The highest BCUT2D eigenvalue weighted by atomic mass is 16.5. The van der Waals surface area contributed by atoms with Crippen LogP contribution in [0.3, 0.4) is 0 Å². The minimum Gasteiger partial charge on any atom is -0.497 e. The van der Waals surface area contributed by atoms with Crippen molar-refractivity contribution < 1.29 is 14.6 Å². The second-order valence-electron chi connectivity index (χ2n) is 5.95. The Hall–Kier alpha value is -2.85. The van der Waals surface area contributed by atoms with Crippen molar-refractivity contribution in [2.45, 2.75) is 12.5 Å². The number of ether oxygens (including phenoxy) is 1. The largest absolute Gasteiger partial charge is 0.497 e. The van der Waals surface area contributed by atoms with Crippen LogP contribution in [0.5, 0.6) is 5.75 Å². The van der Waals surface area contributed by atoms with Gasteiger partial charge in [0.2, 0.25) is 5.91 Å². The summed E-state index contributed by atoms with van der Waals surface area (Å²) in [7, 11) is 1.61. The van der Waals surface area contributed by atoms with Gasteiger partial charge in [-0.3, -0.25) is 4.79 Å². The third-order valence-corrected chi connectivity index (χ3v) is 4.17. The molecule has 0 bridgehead atoms. The molecule has 0 heterocycles. The average molecular weight is 335 g/mol. The van der Waals surface area contributed by atoms with Crippen LogP contribution < -0.4 is 10.1 Å². The molecular weight excluding hydrogens is 314 g/mol. The summed E-state index contributed by atoms with van der Waals surface area (Å²) in [5.74, 6) is 0.640. The predicted molar refractivity (Wildman–Crippen MR) is 98.6 cm³/mol. The number of fused-ring (bicyclic) bond motifs is 1. The standard InChI is InChI=1S/C21H21NO3/c1-25-19-10-6-15(7-11-19)12-21(24)22-14-20(23)18-9-8-16-4-2-3-5-17(16)13-18/h2-11,13,20,23H,12,14H2,1H3,(H,22,24)/t20-/m1/s1. The number of methoxy groups -OCH3 is 1. The third-order valence-electron chi connectivity index (χ3n) is 4.17. The lowest BCUT2D eigenvalue weighted by Crippen LogP contribution is -2.29. The van der Waals surface area contributed by atoms with Crippen LogP contribution in [0.2, 0.25) is 0 Å². The van der Waals surface area contributed by atoms with Crippen LogP contribution in [-0.4, -0.2) is 24.7 Å². The Morgan fingerprint density at radius 1 is 1.04 bits per heavy atom. The molecule has 128 valence electrons. The molecule has 0 radical (unpaired) electrons. The zero-order valence-corrected chi connectivity index (χ0v) is 14.1. The maximum Gasteiger partial charge on any atom is 0.224 e. The number of hydrogen-bond acceptors (Lipinski definition) is 3. The highest BCUT2D eigenvalue weighted by Gasteiger charge is 2.10.